The minimum absolute atomic E-state index is 0. The Kier molecular flexibility index (Phi) is 3.03. The summed E-state index contributed by atoms with van der Waals surface area (Å²) in [5.74, 6) is -3.46. The predicted octanol–water partition coefficient (Wildman–Crippen LogP) is 0.268. The van der Waals surface area contributed by atoms with E-state index in [1.807, 2.05) is 0 Å². The maximum Gasteiger partial charge on any atom is 0.250 e. The fraction of sp³-hybridized carbons (Fsp3) is 0.833. The van der Waals surface area contributed by atoms with Gasteiger partial charge >= 0.3 is 0 Å². The van der Waals surface area contributed by atoms with Gasteiger partial charge in [0.1, 0.15) is 0 Å². The number of alkyl halides is 2. The summed E-state index contributed by atoms with van der Waals surface area (Å²) in [6, 6.07) is 0. The number of primary amides is 1. The van der Waals surface area contributed by atoms with E-state index in [4.69, 9.17) is 11.5 Å². The van der Waals surface area contributed by atoms with Gasteiger partial charge in [0.25, 0.3) is 0 Å². The normalized spacial score (nSPS) is 23.6. The molecule has 1 amide bonds. The monoisotopic (exact) mass is 200 g/mol. The first-order chi connectivity index (χ1) is 4.92. The van der Waals surface area contributed by atoms with Gasteiger partial charge in [-0.1, -0.05) is 0 Å². The van der Waals surface area contributed by atoms with Gasteiger partial charge in [0, 0.05) is 19.4 Å². The zero-order valence-corrected chi connectivity index (χ0v) is 7.16. The van der Waals surface area contributed by atoms with Crippen LogP contribution in [0.2, 0.25) is 0 Å². The van der Waals surface area contributed by atoms with Crippen molar-refractivity contribution in [1.82, 2.24) is 0 Å². The van der Waals surface area contributed by atoms with E-state index >= 15 is 0 Å². The van der Waals surface area contributed by atoms with E-state index in [9.17, 15) is 13.6 Å². The SMILES string of the molecule is Cl.NCC1(C(N)=O)CC(F)(F)C1. The van der Waals surface area contributed by atoms with Gasteiger partial charge in [0.2, 0.25) is 11.8 Å². The highest BCUT2D eigenvalue weighted by molar-refractivity contribution is 5.85. The van der Waals surface area contributed by atoms with Gasteiger partial charge in [-0.15, -0.1) is 12.4 Å². The number of rotatable bonds is 2. The molecule has 1 aliphatic carbocycles. The molecule has 0 bridgehead atoms. The van der Waals surface area contributed by atoms with Crippen LogP contribution in [0.1, 0.15) is 12.8 Å². The highest BCUT2D eigenvalue weighted by Gasteiger charge is 2.59. The topological polar surface area (TPSA) is 69.1 Å². The number of halogens is 3. The summed E-state index contributed by atoms with van der Waals surface area (Å²) in [6.07, 6.45) is -0.988. The second-order valence-corrected chi connectivity index (χ2v) is 3.06. The van der Waals surface area contributed by atoms with Crippen molar-refractivity contribution in [3.63, 3.8) is 0 Å². The van der Waals surface area contributed by atoms with Crippen molar-refractivity contribution in [2.24, 2.45) is 16.9 Å². The number of nitrogens with two attached hydrogens (primary N) is 2. The molecule has 3 nitrogen and oxygen atoms in total. The van der Waals surface area contributed by atoms with E-state index in [0.717, 1.165) is 0 Å². The fourth-order valence-electron chi connectivity index (χ4n) is 1.36. The second kappa shape index (κ2) is 3.14. The molecule has 4 N–H and O–H groups in total. The quantitative estimate of drug-likeness (QED) is 0.672. The number of carbonyl (C=O) groups excluding carboxylic acids is 1. The zero-order chi connectivity index (χ0) is 8.70. The molecule has 1 rings (SSSR count). The third-order valence-corrected chi connectivity index (χ3v) is 2.11. The van der Waals surface area contributed by atoms with Crippen LogP contribution < -0.4 is 11.5 Å². The van der Waals surface area contributed by atoms with Crippen LogP contribution >= 0.6 is 12.4 Å². The molecule has 6 heteroatoms. The lowest BCUT2D eigenvalue weighted by Crippen LogP contribution is -2.57. The van der Waals surface area contributed by atoms with Crippen LogP contribution in [0.15, 0.2) is 0 Å². The van der Waals surface area contributed by atoms with Crippen LogP contribution in [0.4, 0.5) is 8.78 Å². The summed E-state index contributed by atoms with van der Waals surface area (Å²) in [6.45, 7) is -0.0854. The van der Waals surface area contributed by atoms with Crippen LogP contribution in [0.5, 0.6) is 0 Å². The van der Waals surface area contributed by atoms with Crippen molar-refractivity contribution in [3.8, 4) is 0 Å². The summed E-state index contributed by atoms with van der Waals surface area (Å²) in [5.41, 5.74) is 8.93. The Hall–Kier alpha value is -0.420. The number of hydrogen-bond acceptors (Lipinski definition) is 2. The highest BCUT2D eigenvalue weighted by atomic mass is 35.5. The number of amides is 1. The Morgan fingerprint density at radius 1 is 1.42 bits per heavy atom. The molecule has 0 aliphatic heterocycles. The summed E-state index contributed by atoms with van der Waals surface area (Å²) in [7, 11) is 0. The molecular weight excluding hydrogens is 190 g/mol. The third-order valence-electron chi connectivity index (χ3n) is 2.11. The molecular formula is C6H11ClF2N2O. The second-order valence-electron chi connectivity index (χ2n) is 3.06. The number of carbonyl (C=O) groups is 1. The van der Waals surface area contributed by atoms with Crippen LogP contribution in [-0.2, 0) is 4.79 Å². The van der Waals surface area contributed by atoms with Crippen molar-refractivity contribution in [1.29, 1.82) is 0 Å². The Bertz CT molecular complexity index is 190. The fourth-order valence-corrected chi connectivity index (χ4v) is 1.36. The van der Waals surface area contributed by atoms with Gasteiger partial charge < -0.3 is 11.5 Å². The molecule has 1 aliphatic rings. The van der Waals surface area contributed by atoms with E-state index in [2.05, 4.69) is 0 Å². The van der Waals surface area contributed by atoms with Crippen molar-refractivity contribution >= 4 is 18.3 Å². The lowest BCUT2D eigenvalue weighted by molar-refractivity contribution is -0.173. The number of hydrogen-bond donors (Lipinski definition) is 2. The minimum atomic E-state index is -2.74. The smallest absolute Gasteiger partial charge is 0.250 e. The molecule has 0 heterocycles. The summed E-state index contributed by atoms with van der Waals surface area (Å²) < 4.78 is 24.6. The molecule has 1 fully saturated rings. The van der Waals surface area contributed by atoms with E-state index in [0.29, 0.717) is 0 Å². The maximum absolute atomic E-state index is 12.3. The maximum atomic E-state index is 12.3. The first-order valence-corrected chi connectivity index (χ1v) is 3.30. The standard InChI is InChI=1S/C6H10F2N2O.ClH/c7-6(8)1-5(2-6,3-9)4(10)11;/h1-3,9H2,(H2,10,11);1H. The van der Waals surface area contributed by atoms with Gasteiger partial charge in [-0.05, 0) is 0 Å². The molecule has 1 saturated carbocycles. The summed E-state index contributed by atoms with van der Waals surface area (Å²) in [4.78, 5) is 10.6. The van der Waals surface area contributed by atoms with Crippen LogP contribution in [-0.4, -0.2) is 18.4 Å². The average Bonchev–Trinajstić information content (AvgIpc) is 1.81. The molecule has 0 radical (unpaired) electrons. The summed E-state index contributed by atoms with van der Waals surface area (Å²) in [5, 5.41) is 0. The van der Waals surface area contributed by atoms with Crippen molar-refractivity contribution in [3.05, 3.63) is 0 Å². The Labute approximate surface area is 74.9 Å². The van der Waals surface area contributed by atoms with Crippen LogP contribution in [0.25, 0.3) is 0 Å². The lowest BCUT2D eigenvalue weighted by atomic mass is 9.65. The van der Waals surface area contributed by atoms with E-state index in [1.54, 1.807) is 0 Å². The average molecular weight is 201 g/mol. The first kappa shape index (κ1) is 11.6. The van der Waals surface area contributed by atoms with Gasteiger partial charge in [0.05, 0.1) is 5.41 Å². The van der Waals surface area contributed by atoms with Crippen LogP contribution in [0, 0.1) is 5.41 Å². The van der Waals surface area contributed by atoms with E-state index < -0.39 is 30.1 Å². The minimum Gasteiger partial charge on any atom is -0.369 e. The largest absolute Gasteiger partial charge is 0.369 e. The molecule has 0 aromatic carbocycles. The molecule has 0 spiro atoms. The summed E-state index contributed by atoms with van der Waals surface area (Å²) >= 11 is 0. The van der Waals surface area contributed by atoms with Crippen LogP contribution in [0.3, 0.4) is 0 Å². The molecule has 0 atom stereocenters. The molecule has 0 saturated heterocycles. The molecule has 0 unspecified atom stereocenters. The van der Waals surface area contributed by atoms with Crippen molar-refractivity contribution in [2.45, 2.75) is 18.8 Å². The van der Waals surface area contributed by atoms with E-state index in [1.165, 1.54) is 0 Å². The zero-order valence-electron chi connectivity index (χ0n) is 6.35. The first-order valence-electron chi connectivity index (χ1n) is 3.30. The molecule has 12 heavy (non-hydrogen) atoms. The third kappa shape index (κ3) is 1.67. The van der Waals surface area contributed by atoms with Crippen molar-refractivity contribution in [2.75, 3.05) is 6.54 Å². The van der Waals surface area contributed by atoms with Gasteiger partial charge in [-0.25, -0.2) is 8.78 Å². The van der Waals surface area contributed by atoms with Crippen molar-refractivity contribution < 1.29 is 13.6 Å². The highest BCUT2D eigenvalue weighted by Crippen LogP contribution is 2.50. The van der Waals surface area contributed by atoms with Gasteiger partial charge in [-0.3, -0.25) is 4.79 Å². The van der Waals surface area contributed by atoms with Gasteiger partial charge in [0.15, 0.2) is 0 Å². The Morgan fingerprint density at radius 3 is 1.92 bits per heavy atom. The molecule has 0 aromatic heterocycles. The molecule has 72 valence electrons. The Balaban J connectivity index is 0.00000121. The lowest BCUT2D eigenvalue weighted by Gasteiger charge is -2.43. The predicted molar refractivity (Wildman–Crippen MR) is 42.1 cm³/mol. The van der Waals surface area contributed by atoms with E-state index in [-0.39, 0.29) is 19.0 Å². The molecule has 0 aromatic rings. The van der Waals surface area contributed by atoms with Gasteiger partial charge in [-0.2, -0.15) is 0 Å². The Morgan fingerprint density at radius 2 is 1.83 bits per heavy atom.